The lowest BCUT2D eigenvalue weighted by Gasteiger charge is -2.09. The van der Waals surface area contributed by atoms with E-state index in [9.17, 15) is 24.1 Å². The maximum atomic E-state index is 9.67. The normalized spacial score (nSPS) is 12.8. The predicted molar refractivity (Wildman–Crippen MR) is 22.8 cm³/mol. The van der Waals surface area contributed by atoms with Gasteiger partial charge in [0.05, 0.1) is 0 Å². The number of guanidine groups is 1. The molecule has 0 bridgehead atoms. The highest BCUT2D eigenvalue weighted by atomic mass is 35.7. The Morgan fingerprint density at radius 2 is 2.08 bits per heavy atom. The van der Waals surface area contributed by atoms with Gasteiger partial charge in [-0.05, 0) is 0 Å². The molecule has 0 heterocycles. The van der Waals surface area contributed by atoms with Gasteiger partial charge in [-0.2, -0.15) is 14.0 Å². The van der Waals surface area contributed by atoms with Crippen molar-refractivity contribution in [2.24, 2.45) is 10.8 Å². The van der Waals surface area contributed by atoms with E-state index in [4.69, 9.17) is 0 Å². The number of rotatable bonds is 3. The summed E-state index contributed by atoms with van der Waals surface area (Å²) >= 11 is 0. The summed E-state index contributed by atoms with van der Waals surface area (Å²) in [5, 5.41) is 10.7. The Kier molecular flexibility index (Phi) is 3.59. The van der Waals surface area contributed by atoms with E-state index in [1.807, 2.05) is 0 Å². The lowest BCUT2D eigenvalue weighted by atomic mass is 11.1. The number of hydrogen-bond donors (Lipinski definition) is 2. The number of hydroxylamine groups is 1. The zero-order chi connectivity index (χ0) is 9.78. The summed E-state index contributed by atoms with van der Waals surface area (Å²) in [5.74, 6) is -0.966. The van der Waals surface area contributed by atoms with Crippen LogP contribution >= 0.6 is 0 Å². The van der Waals surface area contributed by atoms with Gasteiger partial charge in [-0.3, -0.25) is 0 Å². The standard InChI is InChI=1S/CH3ClN4O6/c3-1(4-6(10)11)5-12-2(7,8)9/h(H3,3,4,5). The minimum Gasteiger partial charge on any atom is -0.363 e. The molecule has 0 rings (SSSR count). The number of nitrogens with one attached hydrogen (secondary N) is 1. The summed E-state index contributed by atoms with van der Waals surface area (Å²) in [6.07, 6.45) is 0. The first-order valence-electron chi connectivity index (χ1n) is 2.15. The summed E-state index contributed by atoms with van der Waals surface area (Å²) < 4.78 is 32.3. The summed E-state index contributed by atoms with van der Waals surface area (Å²) in [6, 6.07) is 0. The Hall–Kier alpha value is -1.20. The molecule has 12 heavy (non-hydrogen) atoms. The summed E-state index contributed by atoms with van der Waals surface area (Å²) in [5.41, 5.74) is 5.87. The molecule has 0 unspecified atom stereocenters. The molecule has 10 nitrogen and oxygen atoms in total. The highest BCUT2D eigenvalue weighted by Crippen LogP contribution is 1.81. The third kappa shape index (κ3) is 6.91. The van der Waals surface area contributed by atoms with Gasteiger partial charge in [0.15, 0.2) is 5.03 Å². The van der Waals surface area contributed by atoms with Gasteiger partial charge in [0.2, 0.25) is 4.39 Å². The topological polar surface area (TPSA) is 172 Å². The van der Waals surface area contributed by atoms with Gasteiger partial charge in [0.1, 0.15) is 15.3 Å². The molecule has 0 atom stereocenters. The fourth-order valence-electron chi connectivity index (χ4n) is 0.195. The van der Waals surface area contributed by atoms with Crippen molar-refractivity contribution in [2.75, 3.05) is 0 Å². The third-order valence-corrected chi connectivity index (χ3v) is 0.693. The van der Waals surface area contributed by atoms with E-state index >= 15 is 0 Å². The third-order valence-electron chi connectivity index (χ3n) is 0.427. The maximum absolute atomic E-state index is 9.67. The second kappa shape index (κ2) is 3.99. The van der Waals surface area contributed by atoms with Crippen LogP contribution in [-0.4, -0.2) is 11.0 Å². The van der Waals surface area contributed by atoms with Gasteiger partial charge in [-0.15, -0.1) is 0 Å². The van der Waals surface area contributed by atoms with Gasteiger partial charge in [-0.25, -0.2) is 10.1 Å². The van der Waals surface area contributed by atoms with E-state index in [1.165, 1.54) is 5.48 Å². The Morgan fingerprint density at radius 3 is 2.42 bits per heavy atom. The number of nitrogens with zero attached hydrogens (tertiary/aromatic N) is 2. The molecule has 0 aliphatic rings. The number of nitro groups is 1. The number of nitrogens with two attached hydrogens (primary N) is 1. The molecule has 0 aromatic heterocycles. The quantitative estimate of drug-likeness (QED) is 0.198. The highest BCUT2D eigenvalue weighted by Gasteiger charge is 2.19. The smallest absolute Gasteiger partial charge is 0.302 e. The second-order valence-corrected chi connectivity index (χ2v) is 2.19. The zero-order valence-corrected chi connectivity index (χ0v) is 6.06. The first-order valence-corrected chi connectivity index (χ1v) is 3.38. The van der Waals surface area contributed by atoms with Crippen molar-refractivity contribution in [3.05, 3.63) is 10.1 Å². The molecule has 0 aliphatic carbocycles. The minimum atomic E-state index is -4.74. The Bertz CT molecular complexity index is 196. The van der Waals surface area contributed by atoms with Crippen molar-refractivity contribution in [1.82, 2.24) is 5.48 Å². The molecule has 0 saturated carbocycles. The average Bonchev–Trinajstić information content (AvgIpc) is 1.80. The fourth-order valence-corrected chi connectivity index (χ4v) is 0.369. The predicted octanol–water partition coefficient (Wildman–Crippen LogP) is -5.09. The summed E-state index contributed by atoms with van der Waals surface area (Å²) in [6.45, 7) is 0. The van der Waals surface area contributed by atoms with Gasteiger partial charge in [-0.1, -0.05) is 5.48 Å². The van der Waals surface area contributed by atoms with Gasteiger partial charge in [0.25, 0.3) is 0 Å². The number of hydrogen-bond acceptors (Lipinski definition) is 6. The molecule has 0 amide bonds. The van der Waals surface area contributed by atoms with Crippen LogP contribution in [0, 0.1) is 20.4 Å². The Balaban J connectivity index is 3.87. The van der Waals surface area contributed by atoms with Crippen LogP contribution in [-0.2, 0) is 4.39 Å². The molecule has 0 spiro atoms. The van der Waals surface area contributed by atoms with Crippen molar-refractivity contribution >= 4 is 5.96 Å². The van der Waals surface area contributed by atoms with Gasteiger partial charge < -0.3 is 5.73 Å². The average molecular weight is 203 g/mol. The summed E-state index contributed by atoms with van der Waals surface area (Å²) in [4.78, 5) is 9.55. The van der Waals surface area contributed by atoms with E-state index in [2.05, 4.69) is 15.2 Å². The van der Waals surface area contributed by atoms with Crippen molar-refractivity contribution in [1.29, 1.82) is 0 Å². The molecule has 0 aromatic carbocycles. The van der Waals surface area contributed by atoms with Crippen LogP contribution in [0.3, 0.4) is 0 Å². The first kappa shape index (κ1) is 10.8. The van der Waals surface area contributed by atoms with Crippen molar-refractivity contribution < 1.29 is 33.6 Å². The zero-order valence-electron chi connectivity index (χ0n) is 5.30. The van der Waals surface area contributed by atoms with Crippen LogP contribution in [0.2, 0.25) is 0 Å². The molecule has 11 heteroatoms. The van der Waals surface area contributed by atoms with Gasteiger partial charge >= 0.3 is 5.96 Å². The molecule has 0 fully saturated rings. The largest absolute Gasteiger partial charge is 0.363 e. The van der Waals surface area contributed by atoms with Crippen LogP contribution in [0.15, 0.2) is 5.10 Å². The molecular weight excluding hydrogens is 199 g/mol. The molecule has 0 aromatic rings. The molecule has 0 radical (unpaired) electrons. The SMILES string of the molecule is NC(=N[N+](=O)[O-])NO[Cl+3]([O-])([O-])[O-]. The van der Waals surface area contributed by atoms with Crippen LogP contribution in [0.5, 0.6) is 0 Å². The Morgan fingerprint density at radius 1 is 1.58 bits per heavy atom. The lowest BCUT2D eigenvalue weighted by Crippen LogP contribution is -2.63. The molecule has 3 N–H and O–H groups in total. The van der Waals surface area contributed by atoms with Crippen molar-refractivity contribution in [3.8, 4) is 0 Å². The Labute approximate surface area is 67.1 Å². The molecule has 0 aliphatic heterocycles. The monoisotopic (exact) mass is 202 g/mol. The maximum Gasteiger partial charge on any atom is 0.302 e. The summed E-state index contributed by atoms with van der Waals surface area (Å²) in [7, 11) is -4.74. The van der Waals surface area contributed by atoms with Gasteiger partial charge in [0, 0.05) is 0 Å². The second-order valence-electron chi connectivity index (χ2n) is 1.28. The fraction of sp³-hybridized carbons (Fsp3) is 0. The van der Waals surface area contributed by atoms with E-state index in [0.29, 0.717) is 0 Å². The minimum absolute atomic E-state index is 0.966. The number of halogens is 1. The van der Waals surface area contributed by atoms with E-state index in [0.717, 1.165) is 0 Å². The first-order chi connectivity index (χ1) is 5.31. The number of hydrazone groups is 1. The van der Waals surface area contributed by atoms with Crippen LogP contribution < -0.4 is 25.2 Å². The van der Waals surface area contributed by atoms with Crippen LogP contribution in [0.4, 0.5) is 0 Å². The van der Waals surface area contributed by atoms with Crippen LogP contribution in [0.1, 0.15) is 0 Å². The molecule has 0 saturated heterocycles. The van der Waals surface area contributed by atoms with E-state index in [-0.39, 0.29) is 0 Å². The van der Waals surface area contributed by atoms with Crippen molar-refractivity contribution in [2.45, 2.75) is 0 Å². The highest BCUT2D eigenvalue weighted by molar-refractivity contribution is 5.75. The van der Waals surface area contributed by atoms with E-state index < -0.39 is 21.2 Å². The van der Waals surface area contributed by atoms with Crippen molar-refractivity contribution in [3.63, 3.8) is 0 Å². The lowest BCUT2D eigenvalue weighted by molar-refractivity contribution is -1.92. The molecular formula is CH3ClN4O6. The van der Waals surface area contributed by atoms with Crippen LogP contribution in [0.25, 0.3) is 0 Å². The molecule has 70 valence electrons. The van der Waals surface area contributed by atoms with E-state index in [1.54, 1.807) is 0 Å².